The molecule has 0 aliphatic carbocycles. The second kappa shape index (κ2) is 6.13. The molecule has 0 fully saturated rings. The van der Waals surface area contributed by atoms with Crippen LogP contribution < -0.4 is 5.43 Å². The fourth-order valence-corrected chi connectivity index (χ4v) is 2.75. The molecule has 0 atom stereocenters. The molecule has 0 aliphatic rings. The molecule has 4 aromatic rings. The van der Waals surface area contributed by atoms with E-state index in [4.69, 9.17) is 0 Å². The number of benzene rings is 3. The summed E-state index contributed by atoms with van der Waals surface area (Å²) in [7, 11) is 0. The van der Waals surface area contributed by atoms with Gasteiger partial charge < -0.3 is 0 Å². The number of hydrogen-bond donors (Lipinski definition) is 1. The Kier molecular flexibility index (Phi) is 3.67. The Morgan fingerprint density at radius 3 is 2.38 bits per heavy atom. The number of anilines is 1. The highest BCUT2D eigenvalue weighted by molar-refractivity contribution is 6.02. The van der Waals surface area contributed by atoms with Crippen molar-refractivity contribution in [3.8, 4) is 0 Å². The van der Waals surface area contributed by atoms with Crippen LogP contribution in [0.25, 0.3) is 21.7 Å². The lowest BCUT2D eigenvalue weighted by Crippen LogP contribution is -2.00. The van der Waals surface area contributed by atoms with Gasteiger partial charge in [-0.1, -0.05) is 54.6 Å². The van der Waals surface area contributed by atoms with Gasteiger partial charge in [0, 0.05) is 5.39 Å². The standard InChI is InChI=1S/C21H17N3/c1-15(18-11-10-16-6-2-3-8-19(16)14-18)23-24-21-13-12-17-7-4-5-9-20(17)22-21/h2-14H,1H3,(H,22,24)/b23-15+. The molecule has 24 heavy (non-hydrogen) atoms. The van der Waals surface area contributed by atoms with E-state index in [9.17, 15) is 0 Å². The molecule has 3 heteroatoms. The summed E-state index contributed by atoms with van der Waals surface area (Å²) in [5, 5.41) is 8.06. The van der Waals surface area contributed by atoms with Crippen LogP contribution in [0.5, 0.6) is 0 Å². The Morgan fingerprint density at radius 1 is 0.792 bits per heavy atom. The van der Waals surface area contributed by atoms with Crippen LogP contribution in [0.3, 0.4) is 0 Å². The minimum atomic E-state index is 0.744. The topological polar surface area (TPSA) is 37.3 Å². The lowest BCUT2D eigenvalue weighted by Gasteiger charge is -2.06. The smallest absolute Gasteiger partial charge is 0.146 e. The van der Waals surface area contributed by atoms with E-state index in [-0.39, 0.29) is 0 Å². The number of aromatic nitrogens is 1. The van der Waals surface area contributed by atoms with E-state index in [1.165, 1.54) is 10.8 Å². The zero-order valence-corrected chi connectivity index (χ0v) is 13.4. The Labute approximate surface area is 140 Å². The quantitative estimate of drug-likeness (QED) is 0.416. The van der Waals surface area contributed by atoms with Gasteiger partial charge in [-0.15, -0.1) is 0 Å². The minimum absolute atomic E-state index is 0.744. The fraction of sp³-hybridized carbons (Fsp3) is 0.0476. The summed E-state index contributed by atoms with van der Waals surface area (Å²) in [5.74, 6) is 0.744. The van der Waals surface area contributed by atoms with Gasteiger partial charge in [-0.2, -0.15) is 5.10 Å². The average Bonchev–Trinajstić information content (AvgIpc) is 2.65. The maximum Gasteiger partial charge on any atom is 0.146 e. The molecule has 1 N–H and O–H groups in total. The van der Waals surface area contributed by atoms with Crippen LogP contribution in [0.4, 0.5) is 5.82 Å². The first-order valence-corrected chi connectivity index (χ1v) is 7.95. The molecule has 4 rings (SSSR count). The maximum atomic E-state index is 4.57. The van der Waals surface area contributed by atoms with Crippen molar-refractivity contribution in [3.63, 3.8) is 0 Å². The lowest BCUT2D eigenvalue weighted by atomic mass is 10.0. The van der Waals surface area contributed by atoms with Crippen LogP contribution in [0.1, 0.15) is 12.5 Å². The van der Waals surface area contributed by atoms with E-state index in [0.717, 1.165) is 28.0 Å². The monoisotopic (exact) mass is 311 g/mol. The molecule has 3 nitrogen and oxygen atoms in total. The molecule has 0 saturated heterocycles. The zero-order valence-electron chi connectivity index (χ0n) is 13.4. The second-order valence-electron chi connectivity index (χ2n) is 5.76. The summed E-state index contributed by atoms with van der Waals surface area (Å²) in [4.78, 5) is 4.57. The first-order valence-electron chi connectivity index (χ1n) is 7.95. The van der Waals surface area contributed by atoms with Gasteiger partial charge in [0.25, 0.3) is 0 Å². The van der Waals surface area contributed by atoms with Gasteiger partial charge in [-0.25, -0.2) is 4.98 Å². The molecule has 0 saturated carbocycles. The highest BCUT2D eigenvalue weighted by atomic mass is 15.3. The SMILES string of the molecule is C/C(=N\Nc1ccc2ccccc2n1)c1ccc2ccccc2c1. The molecule has 0 bridgehead atoms. The number of para-hydroxylation sites is 1. The first kappa shape index (κ1) is 14.4. The Hall–Kier alpha value is -3.20. The predicted molar refractivity (Wildman–Crippen MR) is 102 cm³/mol. The van der Waals surface area contributed by atoms with Crippen LogP contribution in [0.2, 0.25) is 0 Å². The molecular formula is C21H17N3. The average molecular weight is 311 g/mol. The van der Waals surface area contributed by atoms with Crippen molar-refractivity contribution in [2.75, 3.05) is 5.43 Å². The Bertz CT molecular complexity index is 1050. The van der Waals surface area contributed by atoms with Gasteiger partial charge in [-0.3, -0.25) is 5.43 Å². The summed E-state index contributed by atoms with van der Waals surface area (Å²) in [6.07, 6.45) is 0. The molecule has 0 aliphatic heterocycles. The van der Waals surface area contributed by atoms with Crippen molar-refractivity contribution in [1.29, 1.82) is 0 Å². The van der Waals surface area contributed by atoms with Crippen LogP contribution in [0.15, 0.2) is 84.0 Å². The number of pyridine rings is 1. The number of nitrogens with zero attached hydrogens (tertiary/aromatic N) is 2. The Morgan fingerprint density at radius 2 is 1.50 bits per heavy atom. The number of hydrogen-bond acceptors (Lipinski definition) is 3. The van der Waals surface area contributed by atoms with Crippen molar-refractivity contribution in [1.82, 2.24) is 4.98 Å². The maximum absolute atomic E-state index is 4.57. The van der Waals surface area contributed by atoms with E-state index in [2.05, 4.69) is 64.0 Å². The van der Waals surface area contributed by atoms with Gasteiger partial charge in [0.15, 0.2) is 0 Å². The molecule has 0 unspecified atom stereocenters. The summed E-state index contributed by atoms with van der Waals surface area (Å²) in [6.45, 7) is 2.00. The van der Waals surface area contributed by atoms with Crippen molar-refractivity contribution in [2.45, 2.75) is 6.92 Å². The van der Waals surface area contributed by atoms with Crippen molar-refractivity contribution in [2.24, 2.45) is 5.10 Å². The molecule has 0 spiro atoms. The third-order valence-electron chi connectivity index (χ3n) is 4.10. The van der Waals surface area contributed by atoms with Crippen LogP contribution in [-0.2, 0) is 0 Å². The van der Waals surface area contributed by atoms with Crippen LogP contribution >= 0.6 is 0 Å². The van der Waals surface area contributed by atoms with Gasteiger partial charge in [0.05, 0.1) is 11.2 Å². The largest absolute Gasteiger partial charge is 0.261 e. The number of hydrazone groups is 1. The van der Waals surface area contributed by atoms with Crippen molar-refractivity contribution >= 4 is 33.2 Å². The molecular weight excluding hydrogens is 294 g/mol. The normalized spacial score (nSPS) is 11.8. The molecule has 1 aromatic heterocycles. The molecule has 3 aromatic carbocycles. The predicted octanol–water partition coefficient (Wildman–Crippen LogP) is 5.22. The van der Waals surface area contributed by atoms with Crippen molar-refractivity contribution < 1.29 is 0 Å². The van der Waals surface area contributed by atoms with Crippen LogP contribution in [-0.4, -0.2) is 10.7 Å². The Balaban J connectivity index is 1.61. The number of nitrogens with one attached hydrogen (secondary N) is 1. The molecule has 0 amide bonds. The van der Waals surface area contributed by atoms with E-state index < -0.39 is 0 Å². The van der Waals surface area contributed by atoms with E-state index in [1.807, 2.05) is 37.3 Å². The lowest BCUT2D eigenvalue weighted by molar-refractivity contribution is 1.25. The molecule has 0 radical (unpaired) electrons. The van der Waals surface area contributed by atoms with Crippen LogP contribution in [0, 0.1) is 0 Å². The first-order chi connectivity index (χ1) is 11.8. The van der Waals surface area contributed by atoms with Gasteiger partial charge >= 0.3 is 0 Å². The van der Waals surface area contributed by atoms with E-state index >= 15 is 0 Å². The van der Waals surface area contributed by atoms with Gasteiger partial charge in [-0.05, 0) is 47.5 Å². The van der Waals surface area contributed by atoms with Gasteiger partial charge in [0.2, 0.25) is 0 Å². The van der Waals surface area contributed by atoms with E-state index in [1.54, 1.807) is 0 Å². The summed E-state index contributed by atoms with van der Waals surface area (Å²) in [6, 6.07) is 26.8. The van der Waals surface area contributed by atoms with E-state index in [0.29, 0.717) is 0 Å². The third kappa shape index (κ3) is 2.84. The highest BCUT2D eigenvalue weighted by Crippen LogP contribution is 2.17. The molecule has 1 heterocycles. The highest BCUT2D eigenvalue weighted by Gasteiger charge is 2.01. The summed E-state index contributed by atoms with van der Waals surface area (Å²) >= 11 is 0. The number of rotatable bonds is 3. The van der Waals surface area contributed by atoms with Crippen molar-refractivity contribution in [3.05, 3.63) is 84.4 Å². The van der Waals surface area contributed by atoms with Gasteiger partial charge in [0.1, 0.15) is 5.82 Å². The fourth-order valence-electron chi connectivity index (χ4n) is 2.75. The summed E-state index contributed by atoms with van der Waals surface area (Å²) in [5.41, 5.74) is 6.04. The molecule has 116 valence electrons. The third-order valence-corrected chi connectivity index (χ3v) is 4.10. The number of fused-ring (bicyclic) bond motifs is 2. The zero-order chi connectivity index (χ0) is 16.4. The second-order valence-corrected chi connectivity index (χ2v) is 5.76. The summed E-state index contributed by atoms with van der Waals surface area (Å²) < 4.78 is 0. The minimum Gasteiger partial charge on any atom is -0.261 e.